The van der Waals surface area contributed by atoms with Crippen molar-refractivity contribution < 1.29 is 0 Å². The Hall–Kier alpha value is -0.840. The van der Waals surface area contributed by atoms with Crippen LogP contribution in [-0.4, -0.2) is 16.6 Å². The van der Waals surface area contributed by atoms with Gasteiger partial charge in [0.05, 0.1) is 12.2 Å². The highest BCUT2D eigenvalue weighted by Gasteiger charge is 2.14. The fourth-order valence-corrected chi connectivity index (χ4v) is 2.51. The van der Waals surface area contributed by atoms with E-state index < -0.39 is 0 Å². The van der Waals surface area contributed by atoms with Crippen molar-refractivity contribution in [3.8, 4) is 11.3 Å². The second-order valence-corrected chi connectivity index (χ2v) is 5.04. The number of halogens is 2. The van der Waals surface area contributed by atoms with Gasteiger partial charge in [0.2, 0.25) is 0 Å². The molecule has 1 aromatic carbocycles. The number of nitrogens with zero attached hydrogens (tertiary/aromatic N) is 2. The molecule has 0 saturated carbocycles. The molecule has 2 rings (SSSR count). The fraction of sp³-hybridized carbons (Fsp3) is 0.250. The first kappa shape index (κ1) is 12.6. The van der Waals surface area contributed by atoms with E-state index in [-0.39, 0.29) is 0 Å². The van der Waals surface area contributed by atoms with Gasteiger partial charge in [-0.3, -0.25) is 0 Å². The lowest BCUT2D eigenvalue weighted by Crippen LogP contribution is -2.10. The smallest absolute Gasteiger partial charge is 0.155 e. The largest absolute Gasteiger partial charge is 0.329 e. The molecule has 90 valence electrons. The van der Waals surface area contributed by atoms with Crippen LogP contribution >= 0.6 is 27.5 Å². The highest BCUT2D eigenvalue weighted by molar-refractivity contribution is 9.10. The molecule has 0 radical (unpaired) electrons. The van der Waals surface area contributed by atoms with E-state index in [9.17, 15) is 0 Å². The van der Waals surface area contributed by atoms with Crippen LogP contribution in [0, 0.1) is 0 Å². The molecule has 0 saturated heterocycles. The monoisotopic (exact) mass is 313 g/mol. The van der Waals surface area contributed by atoms with Crippen LogP contribution in [0.3, 0.4) is 0 Å². The molecule has 0 unspecified atom stereocenters. The van der Waals surface area contributed by atoms with Crippen molar-refractivity contribution in [2.45, 2.75) is 6.54 Å². The average molecular weight is 315 g/mol. The quantitative estimate of drug-likeness (QED) is 0.942. The van der Waals surface area contributed by atoms with Crippen LogP contribution in [-0.2, 0) is 13.6 Å². The van der Waals surface area contributed by atoms with Crippen molar-refractivity contribution in [2.24, 2.45) is 7.05 Å². The number of aromatic nitrogens is 2. The minimum absolute atomic E-state index is 0.538. The summed E-state index contributed by atoms with van der Waals surface area (Å²) >= 11 is 9.66. The van der Waals surface area contributed by atoms with Crippen molar-refractivity contribution in [2.75, 3.05) is 7.05 Å². The maximum absolute atomic E-state index is 6.20. The van der Waals surface area contributed by atoms with E-state index in [1.807, 2.05) is 42.9 Å². The Balaban J connectivity index is 2.52. The number of rotatable bonds is 3. The number of benzene rings is 1. The van der Waals surface area contributed by atoms with E-state index in [2.05, 4.69) is 26.2 Å². The van der Waals surface area contributed by atoms with Crippen molar-refractivity contribution in [1.29, 1.82) is 0 Å². The lowest BCUT2D eigenvalue weighted by molar-refractivity contribution is 0.712. The third-order valence-electron chi connectivity index (χ3n) is 2.58. The zero-order chi connectivity index (χ0) is 12.4. The maximum Gasteiger partial charge on any atom is 0.155 e. The van der Waals surface area contributed by atoms with Crippen LogP contribution in [0.1, 0.15) is 5.82 Å². The molecule has 1 aromatic heterocycles. The predicted octanol–water partition coefficient (Wildman–Crippen LogP) is 3.22. The second-order valence-electron chi connectivity index (χ2n) is 3.77. The molecular formula is C12H13BrClN3. The summed E-state index contributed by atoms with van der Waals surface area (Å²) < 4.78 is 3.04. The van der Waals surface area contributed by atoms with E-state index in [0.29, 0.717) is 11.7 Å². The first-order valence-electron chi connectivity index (χ1n) is 5.25. The SMILES string of the molecule is CNCc1nc(Cl)c(-c2cccc(Br)c2)n1C. The summed E-state index contributed by atoms with van der Waals surface area (Å²) in [5, 5.41) is 3.61. The van der Waals surface area contributed by atoms with Gasteiger partial charge in [-0.05, 0) is 19.2 Å². The van der Waals surface area contributed by atoms with Crippen LogP contribution in [0.15, 0.2) is 28.7 Å². The molecule has 0 atom stereocenters. The summed E-state index contributed by atoms with van der Waals surface area (Å²) in [5.41, 5.74) is 2.00. The Kier molecular flexibility index (Phi) is 3.86. The Morgan fingerprint density at radius 2 is 2.24 bits per heavy atom. The van der Waals surface area contributed by atoms with Gasteiger partial charge in [0.1, 0.15) is 5.82 Å². The van der Waals surface area contributed by atoms with Crippen LogP contribution in [0.25, 0.3) is 11.3 Å². The standard InChI is InChI=1S/C12H13BrClN3/c1-15-7-10-16-12(14)11(17(10)2)8-4-3-5-9(13)6-8/h3-6,15H,7H2,1-2H3. The lowest BCUT2D eigenvalue weighted by Gasteiger charge is -2.06. The summed E-state index contributed by atoms with van der Waals surface area (Å²) in [5.74, 6) is 0.924. The van der Waals surface area contributed by atoms with Gasteiger partial charge in [-0.25, -0.2) is 4.98 Å². The third-order valence-corrected chi connectivity index (χ3v) is 3.33. The van der Waals surface area contributed by atoms with Crippen molar-refractivity contribution in [3.63, 3.8) is 0 Å². The van der Waals surface area contributed by atoms with Gasteiger partial charge in [-0.1, -0.05) is 39.7 Å². The molecule has 0 bridgehead atoms. The first-order valence-corrected chi connectivity index (χ1v) is 6.42. The molecule has 1 N–H and O–H groups in total. The molecule has 17 heavy (non-hydrogen) atoms. The van der Waals surface area contributed by atoms with E-state index in [1.165, 1.54) is 0 Å². The van der Waals surface area contributed by atoms with Crippen molar-refractivity contribution in [1.82, 2.24) is 14.9 Å². The molecule has 0 spiro atoms. The van der Waals surface area contributed by atoms with E-state index in [4.69, 9.17) is 11.6 Å². The van der Waals surface area contributed by atoms with Crippen LogP contribution < -0.4 is 5.32 Å². The summed E-state index contributed by atoms with van der Waals surface area (Å²) in [6.45, 7) is 0.699. The zero-order valence-corrected chi connectivity index (χ0v) is 12.0. The minimum Gasteiger partial charge on any atom is -0.329 e. The van der Waals surface area contributed by atoms with Crippen molar-refractivity contribution in [3.05, 3.63) is 39.7 Å². The van der Waals surface area contributed by atoms with Gasteiger partial charge in [-0.2, -0.15) is 0 Å². The number of imidazole rings is 1. The predicted molar refractivity (Wildman–Crippen MR) is 74.1 cm³/mol. The molecular weight excluding hydrogens is 302 g/mol. The average Bonchev–Trinajstić information content (AvgIpc) is 2.55. The Labute approximate surface area is 114 Å². The van der Waals surface area contributed by atoms with Crippen LogP contribution in [0.4, 0.5) is 0 Å². The zero-order valence-electron chi connectivity index (χ0n) is 9.67. The lowest BCUT2D eigenvalue weighted by atomic mass is 10.2. The number of hydrogen-bond acceptors (Lipinski definition) is 2. The summed E-state index contributed by atoms with van der Waals surface area (Å²) in [4.78, 5) is 4.36. The van der Waals surface area contributed by atoms with Gasteiger partial charge < -0.3 is 9.88 Å². The molecule has 5 heteroatoms. The highest BCUT2D eigenvalue weighted by atomic mass is 79.9. The van der Waals surface area contributed by atoms with E-state index in [0.717, 1.165) is 21.6 Å². The summed E-state index contributed by atoms with van der Waals surface area (Å²) in [6.07, 6.45) is 0. The van der Waals surface area contributed by atoms with Crippen molar-refractivity contribution >= 4 is 27.5 Å². The third kappa shape index (κ3) is 2.54. The summed E-state index contributed by atoms with van der Waals surface area (Å²) in [7, 11) is 3.86. The second kappa shape index (κ2) is 5.21. The van der Waals surface area contributed by atoms with Gasteiger partial charge in [0, 0.05) is 17.1 Å². The van der Waals surface area contributed by atoms with Gasteiger partial charge >= 0.3 is 0 Å². The maximum atomic E-state index is 6.20. The Morgan fingerprint density at radius 3 is 2.88 bits per heavy atom. The highest BCUT2D eigenvalue weighted by Crippen LogP contribution is 2.29. The molecule has 0 aliphatic carbocycles. The van der Waals surface area contributed by atoms with Gasteiger partial charge in [0.15, 0.2) is 5.15 Å². The topological polar surface area (TPSA) is 29.9 Å². The fourth-order valence-electron chi connectivity index (χ4n) is 1.77. The van der Waals surface area contributed by atoms with E-state index in [1.54, 1.807) is 0 Å². The number of nitrogens with one attached hydrogen (secondary N) is 1. The molecule has 0 fully saturated rings. The minimum atomic E-state index is 0.538. The number of hydrogen-bond donors (Lipinski definition) is 1. The molecule has 3 nitrogen and oxygen atoms in total. The summed E-state index contributed by atoms with van der Waals surface area (Å²) in [6, 6.07) is 8.03. The van der Waals surface area contributed by atoms with Gasteiger partial charge in [-0.15, -0.1) is 0 Å². The molecule has 0 amide bonds. The molecule has 0 aliphatic rings. The van der Waals surface area contributed by atoms with Gasteiger partial charge in [0.25, 0.3) is 0 Å². The first-order chi connectivity index (χ1) is 8.13. The Morgan fingerprint density at radius 1 is 1.47 bits per heavy atom. The van der Waals surface area contributed by atoms with E-state index >= 15 is 0 Å². The van der Waals surface area contributed by atoms with Crippen LogP contribution in [0.2, 0.25) is 5.15 Å². The Bertz CT molecular complexity index is 537. The normalized spacial score (nSPS) is 10.8. The molecule has 1 heterocycles. The van der Waals surface area contributed by atoms with Crippen LogP contribution in [0.5, 0.6) is 0 Å². The molecule has 0 aliphatic heterocycles. The molecule has 2 aromatic rings.